The van der Waals surface area contributed by atoms with Gasteiger partial charge in [0.1, 0.15) is 17.1 Å². The van der Waals surface area contributed by atoms with Crippen molar-refractivity contribution in [3.05, 3.63) is 46.1 Å². The average molecular weight is 295 g/mol. The standard InChI is InChI=1S/C18H17NO3/c1-18(2)9-11-14(22-18)8-13-15(17(11)21)16(20)10-6-4-5-7-12(10)19(13)3/h4-8,21H,9H2,1-3H3. The lowest BCUT2D eigenvalue weighted by atomic mass is 9.98. The van der Waals surface area contributed by atoms with Crippen molar-refractivity contribution in [1.29, 1.82) is 0 Å². The number of benzene rings is 2. The maximum atomic E-state index is 12.8. The number of phenolic OH excluding ortho intramolecular Hbond substituents is 1. The highest BCUT2D eigenvalue weighted by Crippen LogP contribution is 2.43. The zero-order chi connectivity index (χ0) is 15.6. The van der Waals surface area contributed by atoms with Crippen LogP contribution in [-0.4, -0.2) is 15.3 Å². The molecule has 2 heterocycles. The van der Waals surface area contributed by atoms with Crippen LogP contribution in [0.25, 0.3) is 21.8 Å². The summed E-state index contributed by atoms with van der Waals surface area (Å²) in [5, 5.41) is 11.7. The highest BCUT2D eigenvalue weighted by Gasteiger charge is 2.34. The van der Waals surface area contributed by atoms with E-state index in [4.69, 9.17) is 4.74 Å². The van der Waals surface area contributed by atoms with Gasteiger partial charge < -0.3 is 14.4 Å². The number of nitrogens with zero attached hydrogens (tertiary/aromatic N) is 1. The quantitative estimate of drug-likeness (QED) is 0.648. The average Bonchev–Trinajstić information content (AvgIpc) is 2.79. The molecule has 0 amide bonds. The molecule has 0 aliphatic carbocycles. The van der Waals surface area contributed by atoms with E-state index in [0.717, 1.165) is 11.1 Å². The Bertz CT molecular complexity index is 999. The first-order valence-electron chi connectivity index (χ1n) is 7.34. The van der Waals surface area contributed by atoms with Crippen LogP contribution in [0.2, 0.25) is 0 Å². The Morgan fingerprint density at radius 2 is 1.95 bits per heavy atom. The predicted octanol–water partition coefficient (Wildman–Crippen LogP) is 3.11. The molecule has 4 nitrogen and oxygen atoms in total. The largest absolute Gasteiger partial charge is 0.507 e. The van der Waals surface area contributed by atoms with Gasteiger partial charge in [0.2, 0.25) is 5.43 Å². The van der Waals surface area contributed by atoms with Crippen LogP contribution in [-0.2, 0) is 13.5 Å². The number of fused-ring (bicyclic) bond motifs is 3. The Labute approximate surface area is 127 Å². The van der Waals surface area contributed by atoms with Crippen molar-refractivity contribution >= 4 is 21.8 Å². The van der Waals surface area contributed by atoms with Gasteiger partial charge in [-0.25, -0.2) is 0 Å². The fourth-order valence-electron chi connectivity index (χ4n) is 3.40. The van der Waals surface area contributed by atoms with E-state index in [1.165, 1.54) is 0 Å². The second kappa shape index (κ2) is 4.03. The molecule has 0 radical (unpaired) electrons. The van der Waals surface area contributed by atoms with Crippen LogP contribution in [0.5, 0.6) is 11.5 Å². The lowest BCUT2D eigenvalue weighted by molar-refractivity contribution is 0.138. The molecule has 1 aromatic heterocycles. The number of phenols is 1. The number of hydrogen-bond acceptors (Lipinski definition) is 3. The first kappa shape index (κ1) is 13.2. The fourth-order valence-corrected chi connectivity index (χ4v) is 3.40. The maximum absolute atomic E-state index is 12.8. The third-order valence-corrected chi connectivity index (χ3v) is 4.43. The first-order chi connectivity index (χ1) is 10.4. The molecule has 4 heteroatoms. The molecule has 22 heavy (non-hydrogen) atoms. The number of hydrogen-bond donors (Lipinski definition) is 1. The minimum atomic E-state index is -0.363. The van der Waals surface area contributed by atoms with Gasteiger partial charge in [-0.3, -0.25) is 4.79 Å². The molecule has 3 aromatic rings. The minimum Gasteiger partial charge on any atom is -0.507 e. The van der Waals surface area contributed by atoms with Crippen LogP contribution in [0.4, 0.5) is 0 Å². The van der Waals surface area contributed by atoms with Crippen molar-refractivity contribution in [2.24, 2.45) is 7.05 Å². The summed E-state index contributed by atoms with van der Waals surface area (Å²) in [4.78, 5) is 12.8. The number of pyridine rings is 1. The lowest BCUT2D eigenvalue weighted by Crippen LogP contribution is -2.24. The van der Waals surface area contributed by atoms with E-state index in [-0.39, 0.29) is 16.8 Å². The third kappa shape index (κ3) is 1.61. The molecule has 0 saturated carbocycles. The number of aromatic hydroxyl groups is 1. The summed E-state index contributed by atoms with van der Waals surface area (Å²) in [6.07, 6.45) is 0.597. The van der Waals surface area contributed by atoms with Gasteiger partial charge >= 0.3 is 0 Å². The van der Waals surface area contributed by atoms with E-state index in [9.17, 15) is 9.90 Å². The van der Waals surface area contributed by atoms with Crippen LogP contribution in [0.1, 0.15) is 19.4 Å². The molecule has 0 bridgehead atoms. The normalized spacial score (nSPS) is 16.0. The summed E-state index contributed by atoms with van der Waals surface area (Å²) < 4.78 is 7.85. The topological polar surface area (TPSA) is 51.5 Å². The molecule has 1 aliphatic rings. The first-order valence-corrected chi connectivity index (χ1v) is 7.34. The Morgan fingerprint density at radius 1 is 1.23 bits per heavy atom. The molecule has 0 atom stereocenters. The summed E-state index contributed by atoms with van der Waals surface area (Å²) in [7, 11) is 1.90. The van der Waals surface area contributed by atoms with Crippen LogP contribution in [0, 0.1) is 0 Å². The molecular weight excluding hydrogens is 278 g/mol. The van der Waals surface area contributed by atoms with E-state index in [1.807, 2.05) is 49.7 Å². The van der Waals surface area contributed by atoms with E-state index in [0.29, 0.717) is 28.5 Å². The second-order valence-corrected chi connectivity index (χ2v) is 6.54. The van der Waals surface area contributed by atoms with Gasteiger partial charge in [-0.2, -0.15) is 0 Å². The summed E-state index contributed by atoms with van der Waals surface area (Å²) in [6.45, 7) is 3.96. The number of rotatable bonds is 0. The van der Waals surface area contributed by atoms with E-state index in [1.54, 1.807) is 6.07 Å². The van der Waals surface area contributed by atoms with Gasteiger partial charge in [0, 0.05) is 30.5 Å². The molecule has 112 valence electrons. The number of ether oxygens (including phenoxy) is 1. The van der Waals surface area contributed by atoms with Crippen molar-refractivity contribution < 1.29 is 9.84 Å². The van der Waals surface area contributed by atoms with Crippen LogP contribution in [0.3, 0.4) is 0 Å². The Hall–Kier alpha value is -2.49. The Kier molecular flexibility index (Phi) is 2.42. The van der Waals surface area contributed by atoms with Crippen molar-refractivity contribution in [2.45, 2.75) is 25.9 Å². The molecule has 1 N–H and O–H groups in total. The van der Waals surface area contributed by atoms with Crippen molar-refractivity contribution in [1.82, 2.24) is 4.57 Å². The number of aryl methyl sites for hydroxylation is 1. The SMILES string of the molecule is Cn1c2ccccc2c(=O)c2c(O)c3c(cc21)OC(C)(C)C3. The smallest absolute Gasteiger partial charge is 0.200 e. The predicted molar refractivity (Wildman–Crippen MR) is 86.8 cm³/mol. The highest BCUT2D eigenvalue weighted by atomic mass is 16.5. The monoisotopic (exact) mass is 295 g/mol. The fraction of sp³-hybridized carbons (Fsp3) is 0.278. The summed E-state index contributed by atoms with van der Waals surface area (Å²) >= 11 is 0. The lowest BCUT2D eigenvalue weighted by Gasteiger charge is -2.17. The van der Waals surface area contributed by atoms with Crippen LogP contribution < -0.4 is 10.2 Å². The van der Waals surface area contributed by atoms with Gasteiger partial charge in [0.25, 0.3) is 0 Å². The van der Waals surface area contributed by atoms with Crippen LogP contribution >= 0.6 is 0 Å². The van der Waals surface area contributed by atoms with Gasteiger partial charge in [-0.15, -0.1) is 0 Å². The number of aromatic nitrogens is 1. The number of para-hydroxylation sites is 1. The van der Waals surface area contributed by atoms with Gasteiger partial charge in [-0.05, 0) is 26.0 Å². The molecule has 0 spiro atoms. The second-order valence-electron chi connectivity index (χ2n) is 6.54. The Balaban J connectivity index is 2.22. The molecule has 0 saturated heterocycles. The molecule has 0 unspecified atom stereocenters. The van der Waals surface area contributed by atoms with Crippen molar-refractivity contribution in [3.63, 3.8) is 0 Å². The third-order valence-electron chi connectivity index (χ3n) is 4.43. The van der Waals surface area contributed by atoms with Crippen LogP contribution in [0.15, 0.2) is 35.1 Å². The molecule has 4 rings (SSSR count). The molecular formula is C18H17NO3. The van der Waals surface area contributed by atoms with Gasteiger partial charge in [0.05, 0.1) is 16.4 Å². The minimum absolute atomic E-state index is 0.0597. The highest BCUT2D eigenvalue weighted by molar-refractivity contribution is 5.98. The van der Waals surface area contributed by atoms with Gasteiger partial charge in [-0.1, -0.05) is 12.1 Å². The molecule has 1 aliphatic heterocycles. The van der Waals surface area contributed by atoms with Crippen molar-refractivity contribution in [3.8, 4) is 11.5 Å². The van der Waals surface area contributed by atoms with E-state index >= 15 is 0 Å². The van der Waals surface area contributed by atoms with E-state index in [2.05, 4.69) is 0 Å². The van der Waals surface area contributed by atoms with Gasteiger partial charge in [0.15, 0.2) is 0 Å². The van der Waals surface area contributed by atoms with Crippen molar-refractivity contribution in [2.75, 3.05) is 0 Å². The summed E-state index contributed by atoms with van der Waals surface area (Å²) in [5.41, 5.74) is 1.77. The zero-order valence-corrected chi connectivity index (χ0v) is 12.8. The molecule has 0 fully saturated rings. The maximum Gasteiger partial charge on any atom is 0.200 e. The molecule has 2 aromatic carbocycles. The van der Waals surface area contributed by atoms with E-state index < -0.39 is 0 Å². The zero-order valence-electron chi connectivity index (χ0n) is 12.8. The summed E-state index contributed by atoms with van der Waals surface area (Å²) in [5.74, 6) is 0.727. The Morgan fingerprint density at radius 3 is 2.73 bits per heavy atom. The summed E-state index contributed by atoms with van der Waals surface area (Å²) in [6, 6.07) is 9.31.